The first-order valence-corrected chi connectivity index (χ1v) is 11.2. The summed E-state index contributed by atoms with van der Waals surface area (Å²) >= 11 is 13.0. The van der Waals surface area contributed by atoms with Gasteiger partial charge < -0.3 is 9.69 Å². The van der Waals surface area contributed by atoms with E-state index in [1.54, 1.807) is 0 Å². The maximum absolute atomic E-state index is 13.7. The molecule has 5 heteroatoms. The SMILES string of the molecule is CC1(CC=O)CCCN(C2(c3cccc(Cl)c3-c3cccc(Cl)c3)C=CCC2)C1=O. The van der Waals surface area contributed by atoms with Crippen LogP contribution < -0.4 is 0 Å². The van der Waals surface area contributed by atoms with E-state index in [-0.39, 0.29) is 12.3 Å². The maximum Gasteiger partial charge on any atom is 0.229 e. The highest BCUT2D eigenvalue weighted by Gasteiger charge is 2.49. The molecular weight excluding hydrogens is 417 g/mol. The van der Waals surface area contributed by atoms with Gasteiger partial charge in [-0.2, -0.15) is 0 Å². The first-order chi connectivity index (χ1) is 14.4. The Balaban J connectivity index is 1.89. The molecule has 2 unspecified atom stereocenters. The lowest BCUT2D eigenvalue weighted by Gasteiger charge is -2.48. The Kier molecular flexibility index (Phi) is 5.78. The molecule has 0 spiro atoms. The lowest BCUT2D eigenvalue weighted by molar-refractivity contribution is -0.153. The first kappa shape index (κ1) is 21.1. The average molecular weight is 442 g/mol. The van der Waals surface area contributed by atoms with Crippen LogP contribution in [0.1, 0.15) is 44.6 Å². The van der Waals surface area contributed by atoms with Crippen molar-refractivity contribution < 1.29 is 9.59 Å². The van der Waals surface area contributed by atoms with Crippen molar-refractivity contribution in [2.24, 2.45) is 5.41 Å². The molecule has 2 aliphatic rings. The molecule has 4 rings (SSSR count). The number of hydrogen-bond donors (Lipinski definition) is 0. The third-order valence-electron chi connectivity index (χ3n) is 6.57. The quantitative estimate of drug-likeness (QED) is 0.396. The number of amides is 1. The zero-order valence-corrected chi connectivity index (χ0v) is 18.5. The molecule has 1 heterocycles. The van der Waals surface area contributed by atoms with Gasteiger partial charge in [0.25, 0.3) is 0 Å². The molecule has 0 saturated carbocycles. The number of halogens is 2. The summed E-state index contributed by atoms with van der Waals surface area (Å²) in [6.07, 6.45) is 8.70. The predicted molar refractivity (Wildman–Crippen MR) is 122 cm³/mol. The Labute approximate surface area is 187 Å². The highest BCUT2D eigenvalue weighted by molar-refractivity contribution is 6.34. The molecule has 3 nitrogen and oxygen atoms in total. The number of likely N-dealkylation sites (tertiary alicyclic amines) is 1. The molecule has 1 fully saturated rings. The number of allylic oxidation sites excluding steroid dienone is 1. The van der Waals surface area contributed by atoms with Crippen LogP contribution in [0.25, 0.3) is 11.1 Å². The number of carbonyl (C=O) groups is 2. The van der Waals surface area contributed by atoms with Gasteiger partial charge in [-0.05, 0) is 55.0 Å². The van der Waals surface area contributed by atoms with Crippen LogP contribution in [0, 0.1) is 5.41 Å². The lowest BCUT2D eigenvalue weighted by atomic mass is 9.74. The largest absolute Gasteiger partial charge is 0.329 e. The van der Waals surface area contributed by atoms with Gasteiger partial charge in [0, 0.05) is 28.6 Å². The van der Waals surface area contributed by atoms with Crippen LogP contribution in [0.2, 0.25) is 10.0 Å². The van der Waals surface area contributed by atoms with E-state index in [1.807, 2.05) is 48.2 Å². The fourth-order valence-electron chi connectivity index (χ4n) is 5.00. The standard InChI is InChI=1S/C25H25Cl2NO2/c1-24(14-16-29)11-6-15-28(23(24)30)25(12-2-3-13-25)20-9-5-10-21(27)22(20)18-7-4-8-19(26)17-18/h2,4-5,7-10,12,16-17H,3,6,11,13-15H2,1H3. The third-order valence-corrected chi connectivity index (χ3v) is 7.12. The van der Waals surface area contributed by atoms with Crippen molar-refractivity contribution in [3.8, 4) is 11.1 Å². The minimum atomic E-state index is -0.655. The Morgan fingerprint density at radius 2 is 1.93 bits per heavy atom. The van der Waals surface area contributed by atoms with Gasteiger partial charge in [-0.1, -0.05) is 66.5 Å². The van der Waals surface area contributed by atoms with Crippen LogP contribution in [0.5, 0.6) is 0 Å². The summed E-state index contributed by atoms with van der Waals surface area (Å²) < 4.78 is 0. The second kappa shape index (κ2) is 8.20. The van der Waals surface area contributed by atoms with Crippen molar-refractivity contribution in [3.63, 3.8) is 0 Å². The molecule has 0 N–H and O–H groups in total. The fraction of sp³-hybridized carbons (Fsp3) is 0.360. The first-order valence-electron chi connectivity index (χ1n) is 10.4. The molecule has 0 radical (unpaired) electrons. The van der Waals surface area contributed by atoms with Crippen molar-refractivity contribution in [2.75, 3.05) is 6.54 Å². The highest BCUT2D eigenvalue weighted by Crippen LogP contribution is 2.49. The molecule has 30 heavy (non-hydrogen) atoms. The number of piperidine rings is 1. The highest BCUT2D eigenvalue weighted by atomic mass is 35.5. The molecule has 1 aliphatic carbocycles. The summed E-state index contributed by atoms with van der Waals surface area (Å²) in [5.41, 5.74) is 1.61. The number of carbonyl (C=O) groups excluding carboxylic acids is 2. The van der Waals surface area contributed by atoms with Gasteiger partial charge in [0.15, 0.2) is 0 Å². The topological polar surface area (TPSA) is 37.4 Å². The lowest BCUT2D eigenvalue weighted by Crippen LogP contribution is -2.56. The van der Waals surface area contributed by atoms with Crippen LogP contribution in [-0.2, 0) is 15.1 Å². The predicted octanol–water partition coefficient (Wildman–Crippen LogP) is 6.42. The molecule has 0 bridgehead atoms. The number of nitrogens with zero attached hydrogens (tertiary/aromatic N) is 1. The van der Waals surface area contributed by atoms with Gasteiger partial charge in [0.2, 0.25) is 5.91 Å². The molecule has 1 amide bonds. The van der Waals surface area contributed by atoms with E-state index in [4.69, 9.17) is 23.2 Å². The molecule has 2 aromatic rings. The van der Waals surface area contributed by atoms with Gasteiger partial charge in [0.05, 0.1) is 11.0 Å². The minimum Gasteiger partial charge on any atom is -0.329 e. The molecule has 2 atom stereocenters. The molecule has 2 aromatic carbocycles. The summed E-state index contributed by atoms with van der Waals surface area (Å²) in [4.78, 5) is 27.0. The van der Waals surface area contributed by atoms with Gasteiger partial charge in [-0.25, -0.2) is 0 Å². The molecule has 156 valence electrons. The van der Waals surface area contributed by atoms with Crippen molar-refractivity contribution in [2.45, 2.75) is 44.6 Å². The van der Waals surface area contributed by atoms with Crippen molar-refractivity contribution >= 4 is 35.4 Å². The smallest absolute Gasteiger partial charge is 0.229 e. The third kappa shape index (κ3) is 3.48. The van der Waals surface area contributed by atoms with E-state index in [2.05, 4.69) is 18.2 Å². The summed E-state index contributed by atoms with van der Waals surface area (Å²) in [5, 5.41) is 1.27. The molecule has 1 saturated heterocycles. The Hall–Kier alpha value is -2.10. The number of benzene rings is 2. The Morgan fingerprint density at radius 3 is 2.63 bits per heavy atom. The normalized spacial score (nSPS) is 26.2. The number of hydrogen-bond acceptors (Lipinski definition) is 2. The summed E-state index contributed by atoms with van der Waals surface area (Å²) in [7, 11) is 0. The fourth-order valence-corrected chi connectivity index (χ4v) is 5.47. The van der Waals surface area contributed by atoms with Crippen LogP contribution in [-0.4, -0.2) is 23.6 Å². The van der Waals surface area contributed by atoms with Crippen LogP contribution >= 0.6 is 23.2 Å². The molecule has 1 aliphatic heterocycles. The minimum absolute atomic E-state index is 0.0458. The van der Waals surface area contributed by atoms with E-state index in [0.29, 0.717) is 16.6 Å². The second-order valence-electron chi connectivity index (χ2n) is 8.53. The monoisotopic (exact) mass is 441 g/mol. The van der Waals surface area contributed by atoms with Gasteiger partial charge in [0.1, 0.15) is 6.29 Å². The summed E-state index contributed by atoms with van der Waals surface area (Å²) in [6, 6.07) is 13.5. The van der Waals surface area contributed by atoms with Gasteiger partial charge in [-0.15, -0.1) is 0 Å². The van der Waals surface area contributed by atoms with E-state index in [9.17, 15) is 9.59 Å². The van der Waals surface area contributed by atoms with E-state index in [1.165, 1.54) is 0 Å². The van der Waals surface area contributed by atoms with Crippen molar-refractivity contribution in [1.29, 1.82) is 0 Å². The van der Waals surface area contributed by atoms with Crippen LogP contribution in [0.3, 0.4) is 0 Å². The van der Waals surface area contributed by atoms with Crippen molar-refractivity contribution in [3.05, 3.63) is 70.2 Å². The molecular formula is C25H25Cl2NO2. The Morgan fingerprint density at radius 1 is 1.13 bits per heavy atom. The summed E-state index contributed by atoms with van der Waals surface area (Å²) in [6.45, 7) is 2.58. The number of aldehydes is 1. The zero-order chi connectivity index (χ0) is 21.4. The van der Waals surface area contributed by atoms with Crippen LogP contribution in [0.15, 0.2) is 54.6 Å². The number of rotatable bonds is 5. The van der Waals surface area contributed by atoms with Gasteiger partial charge in [-0.3, -0.25) is 4.79 Å². The average Bonchev–Trinajstić information content (AvgIpc) is 3.21. The summed E-state index contributed by atoms with van der Waals surface area (Å²) in [5.74, 6) is 0.0458. The second-order valence-corrected chi connectivity index (χ2v) is 9.37. The van der Waals surface area contributed by atoms with Gasteiger partial charge >= 0.3 is 0 Å². The molecule has 0 aromatic heterocycles. The zero-order valence-electron chi connectivity index (χ0n) is 17.0. The van der Waals surface area contributed by atoms with E-state index in [0.717, 1.165) is 48.7 Å². The van der Waals surface area contributed by atoms with Crippen molar-refractivity contribution in [1.82, 2.24) is 4.90 Å². The van der Waals surface area contributed by atoms with E-state index < -0.39 is 11.0 Å². The maximum atomic E-state index is 13.7. The van der Waals surface area contributed by atoms with E-state index >= 15 is 0 Å². The Bertz CT molecular complexity index is 1020. The van der Waals surface area contributed by atoms with Crippen LogP contribution in [0.4, 0.5) is 0 Å².